The number of phosphoric acid groups is 1. The molecule has 1 unspecified atom stereocenters. The lowest BCUT2D eigenvalue weighted by Gasteiger charge is -2.12. The maximum absolute atomic E-state index is 9.30. The van der Waals surface area contributed by atoms with Crippen LogP contribution in [0, 0.1) is 0 Å². The Hall–Kier alpha value is -0.990. The van der Waals surface area contributed by atoms with Crippen LogP contribution >= 0.6 is 7.82 Å². The van der Waals surface area contributed by atoms with E-state index in [2.05, 4.69) is 0 Å². The van der Waals surface area contributed by atoms with Gasteiger partial charge in [-0.25, -0.2) is 4.57 Å². The number of rotatable bonds is 6. The summed E-state index contributed by atoms with van der Waals surface area (Å²) in [5, 5.41) is 17.7. The molecule has 19 heavy (non-hydrogen) atoms. The number of hydrogen-bond donors (Lipinski definition) is 5. The zero-order valence-electron chi connectivity index (χ0n) is 9.99. The second-order valence-electron chi connectivity index (χ2n) is 3.20. The van der Waals surface area contributed by atoms with Gasteiger partial charge in [-0.1, -0.05) is 18.2 Å². The fourth-order valence-electron chi connectivity index (χ4n) is 0.939. The predicted octanol–water partition coefficient (Wildman–Crippen LogP) is -0.536. The number of aliphatic hydroxyl groups is 2. The van der Waals surface area contributed by atoms with Crippen LogP contribution in [0.5, 0.6) is 5.75 Å². The van der Waals surface area contributed by atoms with Crippen molar-refractivity contribution in [1.82, 2.24) is 0 Å². The SMILES string of the molecule is O=P(O)(O)O.OCCOCC(O)Oc1ccccc1. The summed E-state index contributed by atoms with van der Waals surface area (Å²) in [6, 6.07) is 8.99. The molecule has 0 aromatic heterocycles. The third kappa shape index (κ3) is 15.0. The third-order valence-corrected chi connectivity index (χ3v) is 1.51. The lowest BCUT2D eigenvalue weighted by atomic mass is 10.3. The number of aliphatic hydroxyl groups excluding tert-OH is 2. The highest BCUT2D eigenvalue weighted by atomic mass is 31.2. The van der Waals surface area contributed by atoms with Crippen molar-refractivity contribution < 1.29 is 38.9 Å². The minimum atomic E-state index is -4.64. The summed E-state index contributed by atoms with van der Waals surface area (Å²) in [5.41, 5.74) is 0. The first-order chi connectivity index (χ1) is 8.83. The van der Waals surface area contributed by atoms with Crippen molar-refractivity contribution in [2.75, 3.05) is 19.8 Å². The monoisotopic (exact) mass is 296 g/mol. The van der Waals surface area contributed by atoms with Crippen molar-refractivity contribution in [3.05, 3.63) is 30.3 Å². The van der Waals surface area contributed by atoms with Gasteiger partial charge >= 0.3 is 7.82 Å². The van der Waals surface area contributed by atoms with E-state index >= 15 is 0 Å². The predicted molar refractivity (Wildman–Crippen MR) is 65.2 cm³/mol. The minimum absolute atomic E-state index is 0.0510. The van der Waals surface area contributed by atoms with Gasteiger partial charge in [-0.15, -0.1) is 0 Å². The maximum atomic E-state index is 9.30. The lowest BCUT2D eigenvalue weighted by molar-refractivity contribution is -0.0809. The normalized spacial score (nSPS) is 12.3. The van der Waals surface area contributed by atoms with Gasteiger partial charge in [0.2, 0.25) is 6.29 Å². The maximum Gasteiger partial charge on any atom is 0.466 e. The van der Waals surface area contributed by atoms with Crippen molar-refractivity contribution in [3.63, 3.8) is 0 Å². The molecule has 0 saturated carbocycles. The van der Waals surface area contributed by atoms with E-state index in [-0.39, 0.29) is 19.8 Å². The molecule has 1 aromatic carbocycles. The van der Waals surface area contributed by atoms with Crippen LogP contribution < -0.4 is 4.74 Å². The van der Waals surface area contributed by atoms with Gasteiger partial charge in [0, 0.05) is 0 Å². The molecule has 0 heterocycles. The molecule has 0 aliphatic carbocycles. The van der Waals surface area contributed by atoms with Crippen LogP contribution in [0.4, 0.5) is 0 Å². The summed E-state index contributed by atoms with van der Waals surface area (Å²) >= 11 is 0. The topological polar surface area (TPSA) is 137 Å². The molecular weight excluding hydrogens is 279 g/mol. The van der Waals surface area contributed by atoms with Crippen LogP contribution in [0.25, 0.3) is 0 Å². The van der Waals surface area contributed by atoms with Gasteiger partial charge < -0.3 is 34.4 Å². The Balaban J connectivity index is 0.000000555. The third-order valence-electron chi connectivity index (χ3n) is 1.51. The highest BCUT2D eigenvalue weighted by Gasteiger charge is 2.04. The first-order valence-corrected chi connectivity index (χ1v) is 6.76. The summed E-state index contributed by atoms with van der Waals surface area (Å²) in [7, 11) is -4.64. The Morgan fingerprint density at radius 1 is 1.16 bits per heavy atom. The summed E-state index contributed by atoms with van der Waals surface area (Å²) in [5.74, 6) is 0.590. The molecule has 110 valence electrons. The average molecular weight is 296 g/mol. The molecule has 0 bridgehead atoms. The van der Waals surface area contributed by atoms with E-state index in [1.165, 1.54) is 0 Å². The van der Waals surface area contributed by atoms with Gasteiger partial charge in [0.15, 0.2) is 0 Å². The Kier molecular flexibility index (Phi) is 9.36. The first-order valence-electron chi connectivity index (χ1n) is 5.19. The zero-order valence-corrected chi connectivity index (χ0v) is 10.9. The Labute approximate surface area is 110 Å². The molecule has 5 N–H and O–H groups in total. The van der Waals surface area contributed by atoms with E-state index in [0.29, 0.717) is 5.75 Å². The summed E-state index contributed by atoms with van der Waals surface area (Å²) in [6.07, 6.45) is -0.996. The van der Waals surface area contributed by atoms with E-state index in [9.17, 15) is 5.11 Å². The molecular formula is C10H17O8P. The van der Waals surface area contributed by atoms with Crippen LogP contribution in [-0.4, -0.2) is 51.0 Å². The number of hydrogen-bond acceptors (Lipinski definition) is 5. The molecule has 0 amide bonds. The van der Waals surface area contributed by atoms with Gasteiger partial charge in [-0.3, -0.25) is 0 Å². The highest BCUT2D eigenvalue weighted by Crippen LogP contribution is 2.25. The summed E-state index contributed by atoms with van der Waals surface area (Å²) in [4.78, 5) is 21.6. The Morgan fingerprint density at radius 3 is 2.16 bits per heavy atom. The standard InChI is InChI=1S/C10H14O4.H3O4P/c11-6-7-13-8-10(12)14-9-4-2-1-3-5-9;1-5(2,3)4/h1-5,10-12H,6-8H2;(H3,1,2,3,4). The van der Waals surface area contributed by atoms with Gasteiger partial charge in [0.05, 0.1) is 13.2 Å². The van der Waals surface area contributed by atoms with E-state index in [1.807, 2.05) is 18.2 Å². The van der Waals surface area contributed by atoms with Crippen molar-refractivity contribution in [1.29, 1.82) is 0 Å². The van der Waals surface area contributed by atoms with Crippen LogP contribution in [0.2, 0.25) is 0 Å². The Bertz CT molecular complexity index is 357. The first kappa shape index (κ1) is 18.0. The summed E-state index contributed by atoms with van der Waals surface area (Å²) < 4.78 is 18.9. The zero-order chi connectivity index (χ0) is 14.7. The Morgan fingerprint density at radius 2 is 1.68 bits per heavy atom. The second-order valence-corrected chi connectivity index (χ2v) is 4.22. The second kappa shape index (κ2) is 9.88. The van der Waals surface area contributed by atoms with Crippen LogP contribution in [0.3, 0.4) is 0 Å². The van der Waals surface area contributed by atoms with E-state index in [1.54, 1.807) is 12.1 Å². The molecule has 9 heteroatoms. The van der Waals surface area contributed by atoms with Crippen LogP contribution in [0.1, 0.15) is 0 Å². The van der Waals surface area contributed by atoms with Gasteiger partial charge in [-0.05, 0) is 12.1 Å². The number of para-hydroxylation sites is 1. The average Bonchev–Trinajstić information content (AvgIpc) is 2.28. The highest BCUT2D eigenvalue weighted by molar-refractivity contribution is 7.45. The van der Waals surface area contributed by atoms with Crippen molar-refractivity contribution in [3.8, 4) is 5.75 Å². The number of benzene rings is 1. The molecule has 1 aromatic rings. The van der Waals surface area contributed by atoms with Gasteiger partial charge in [-0.2, -0.15) is 0 Å². The number of ether oxygens (including phenoxy) is 2. The fraction of sp³-hybridized carbons (Fsp3) is 0.400. The molecule has 1 atom stereocenters. The van der Waals surface area contributed by atoms with Crippen molar-refractivity contribution >= 4 is 7.82 Å². The van der Waals surface area contributed by atoms with E-state index in [0.717, 1.165) is 0 Å². The lowest BCUT2D eigenvalue weighted by Crippen LogP contribution is -2.23. The van der Waals surface area contributed by atoms with Gasteiger partial charge in [0.1, 0.15) is 12.4 Å². The van der Waals surface area contributed by atoms with E-state index in [4.69, 9.17) is 33.8 Å². The minimum Gasteiger partial charge on any atom is -0.463 e. The van der Waals surface area contributed by atoms with Crippen molar-refractivity contribution in [2.45, 2.75) is 6.29 Å². The molecule has 0 spiro atoms. The largest absolute Gasteiger partial charge is 0.466 e. The molecule has 0 fully saturated rings. The molecule has 0 radical (unpaired) electrons. The van der Waals surface area contributed by atoms with Crippen LogP contribution in [-0.2, 0) is 9.30 Å². The molecule has 8 nitrogen and oxygen atoms in total. The molecule has 0 aliphatic rings. The smallest absolute Gasteiger partial charge is 0.463 e. The van der Waals surface area contributed by atoms with Crippen LogP contribution in [0.15, 0.2) is 30.3 Å². The molecule has 0 saturated heterocycles. The van der Waals surface area contributed by atoms with E-state index < -0.39 is 14.1 Å². The molecule has 1 rings (SSSR count). The fourth-order valence-corrected chi connectivity index (χ4v) is 0.939. The quantitative estimate of drug-likeness (QED) is 0.268. The van der Waals surface area contributed by atoms with Gasteiger partial charge in [0.25, 0.3) is 0 Å². The molecule has 0 aliphatic heterocycles. The summed E-state index contributed by atoms with van der Waals surface area (Å²) in [6.45, 7) is 0.197. The van der Waals surface area contributed by atoms with Crippen molar-refractivity contribution in [2.24, 2.45) is 0 Å².